The molecule has 0 aliphatic rings. The monoisotopic (exact) mass is 583 g/mol. The number of benzene rings is 3. The molecule has 0 amide bonds. The zero-order valence-corrected chi connectivity index (χ0v) is 25.5. The van der Waals surface area contributed by atoms with Gasteiger partial charge in [0.25, 0.3) is 0 Å². The van der Waals surface area contributed by atoms with Gasteiger partial charge in [-0.1, -0.05) is 97.0 Å². The van der Waals surface area contributed by atoms with Crippen molar-refractivity contribution < 1.29 is 24.5 Å². The second kappa shape index (κ2) is 18.5. The summed E-state index contributed by atoms with van der Waals surface area (Å²) in [4.78, 5) is 24.6. The van der Waals surface area contributed by atoms with Gasteiger partial charge in [0, 0.05) is 19.5 Å². The molecule has 3 rings (SSSR count). The Morgan fingerprint density at radius 3 is 2.12 bits per heavy atom. The first kappa shape index (κ1) is 33.5. The van der Waals surface area contributed by atoms with Crippen molar-refractivity contribution in [3.63, 3.8) is 0 Å². The first-order chi connectivity index (χ1) is 20.9. The molecule has 0 spiro atoms. The predicted molar refractivity (Wildman–Crippen MR) is 172 cm³/mol. The maximum atomic E-state index is 11.3. The lowest BCUT2D eigenvalue weighted by atomic mass is 10.0. The molecule has 0 fully saturated rings. The summed E-state index contributed by atoms with van der Waals surface area (Å²) < 4.78 is 6.56. The molecular weight excluding hydrogens is 538 g/mol. The highest BCUT2D eigenvalue weighted by atomic mass is 16.5. The second-order valence-electron chi connectivity index (χ2n) is 10.8. The second-order valence-corrected chi connectivity index (χ2v) is 10.8. The summed E-state index contributed by atoms with van der Waals surface area (Å²) in [5.41, 5.74) is 6.14. The van der Waals surface area contributed by atoms with Crippen LogP contribution in [0.15, 0.2) is 103 Å². The van der Waals surface area contributed by atoms with Crippen LogP contribution in [0.4, 0.5) is 0 Å². The molecule has 0 saturated carbocycles. The number of nitrogens with zero attached hydrogens (tertiary/aromatic N) is 1. The van der Waals surface area contributed by atoms with Gasteiger partial charge in [0.05, 0.1) is 18.3 Å². The summed E-state index contributed by atoms with van der Waals surface area (Å²) in [5, 5.41) is 18.3. The number of rotatable bonds is 19. The van der Waals surface area contributed by atoms with Crippen LogP contribution in [0.1, 0.15) is 84.7 Å². The van der Waals surface area contributed by atoms with Crippen LogP contribution in [0.3, 0.4) is 0 Å². The minimum Gasteiger partial charge on any atom is -0.481 e. The van der Waals surface area contributed by atoms with Crippen molar-refractivity contribution >= 4 is 11.9 Å². The van der Waals surface area contributed by atoms with Gasteiger partial charge >= 0.3 is 11.9 Å². The molecule has 0 radical (unpaired) electrons. The summed E-state index contributed by atoms with van der Waals surface area (Å²) in [6.45, 7) is 6.68. The fourth-order valence-electron chi connectivity index (χ4n) is 5.02. The van der Waals surface area contributed by atoms with Crippen LogP contribution in [0.2, 0.25) is 0 Å². The molecule has 1 unspecified atom stereocenters. The van der Waals surface area contributed by atoms with Crippen molar-refractivity contribution in [2.45, 2.75) is 71.6 Å². The number of allylic oxidation sites excluding steroid dienone is 4. The van der Waals surface area contributed by atoms with E-state index in [-0.39, 0.29) is 18.1 Å². The Morgan fingerprint density at radius 2 is 1.49 bits per heavy atom. The van der Waals surface area contributed by atoms with E-state index in [9.17, 15) is 14.7 Å². The molecule has 43 heavy (non-hydrogen) atoms. The molecule has 0 aliphatic heterocycles. The van der Waals surface area contributed by atoms with Gasteiger partial charge in [-0.3, -0.25) is 9.69 Å². The number of carboxylic acids is 2. The van der Waals surface area contributed by atoms with Crippen molar-refractivity contribution in [1.82, 2.24) is 4.90 Å². The van der Waals surface area contributed by atoms with Gasteiger partial charge in [0.15, 0.2) is 0 Å². The molecule has 3 aromatic carbocycles. The number of unbranched alkanes of at least 4 members (excludes halogenated alkanes) is 2. The van der Waals surface area contributed by atoms with Crippen molar-refractivity contribution in [3.05, 3.63) is 130 Å². The maximum absolute atomic E-state index is 11.3. The number of aryl methyl sites for hydroxylation is 1. The number of carbonyl (C=O) groups is 2. The summed E-state index contributed by atoms with van der Waals surface area (Å²) in [6.07, 6.45) is 10.8. The van der Waals surface area contributed by atoms with E-state index in [0.29, 0.717) is 26.1 Å². The third kappa shape index (κ3) is 12.4. The quantitative estimate of drug-likeness (QED) is 0.109. The number of ether oxygens (including phenoxy) is 1. The lowest BCUT2D eigenvalue weighted by molar-refractivity contribution is -0.137. The van der Waals surface area contributed by atoms with Gasteiger partial charge in [0.2, 0.25) is 0 Å². The minimum absolute atomic E-state index is 0.170. The Bertz CT molecular complexity index is 1310. The number of aromatic carboxylic acids is 1. The highest BCUT2D eigenvalue weighted by molar-refractivity contribution is 5.87. The molecule has 6 heteroatoms. The average Bonchev–Trinajstić information content (AvgIpc) is 3.02. The fraction of sp³-hybridized carbons (Fsp3) is 0.351. The smallest absolute Gasteiger partial charge is 0.335 e. The van der Waals surface area contributed by atoms with Gasteiger partial charge in [-0.2, -0.15) is 0 Å². The third-order valence-electron chi connectivity index (χ3n) is 7.50. The van der Waals surface area contributed by atoms with Crippen molar-refractivity contribution in [2.75, 3.05) is 13.1 Å². The molecule has 3 aromatic rings. The van der Waals surface area contributed by atoms with Crippen molar-refractivity contribution in [3.8, 4) is 0 Å². The fourth-order valence-corrected chi connectivity index (χ4v) is 5.02. The summed E-state index contributed by atoms with van der Waals surface area (Å²) in [5.74, 6) is -1.71. The third-order valence-corrected chi connectivity index (χ3v) is 7.50. The molecule has 6 nitrogen and oxygen atoms in total. The zero-order valence-electron chi connectivity index (χ0n) is 25.5. The molecule has 228 valence electrons. The lowest BCUT2D eigenvalue weighted by Crippen LogP contribution is -2.30. The Labute approximate surface area is 256 Å². The van der Waals surface area contributed by atoms with Gasteiger partial charge in [-0.25, -0.2) is 4.79 Å². The van der Waals surface area contributed by atoms with Gasteiger partial charge < -0.3 is 14.9 Å². The first-order valence-corrected chi connectivity index (χ1v) is 15.2. The van der Waals surface area contributed by atoms with E-state index in [1.807, 2.05) is 37.3 Å². The number of aliphatic carboxylic acids is 1. The lowest BCUT2D eigenvalue weighted by Gasteiger charge is -2.28. The zero-order chi connectivity index (χ0) is 30.9. The summed E-state index contributed by atoms with van der Waals surface area (Å²) in [6, 6.07) is 25.9. The molecule has 0 aromatic heterocycles. The highest BCUT2D eigenvalue weighted by Crippen LogP contribution is 2.23. The summed E-state index contributed by atoms with van der Waals surface area (Å²) in [7, 11) is 0. The molecule has 0 saturated heterocycles. The standard InChI is InChI=1S/C37H45NO5/c1-3-11-29(4-2)15-16-30-17-19-32(20-18-30)28-43-35(33-12-7-5-8-13-33)27-38(25-10-6-9-14-36(39)40)26-31-21-23-34(24-22-31)37(41)42/h3-5,7-8,11-13,17-24,35H,6,9-10,14-16,25-28H2,1-2H3,(H,39,40)(H,41,42)/b11-3-,29-4+. The SMILES string of the molecule is C/C=C\C(=C/C)CCc1ccc(COC(CN(CCCCCC(=O)O)Cc2ccc(C(=O)O)cc2)c2ccccc2)cc1. The van der Waals surface area contributed by atoms with E-state index in [1.165, 1.54) is 11.1 Å². The Morgan fingerprint density at radius 1 is 0.814 bits per heavy atom. The van der Waals surface area contributed by atoms with Gasteiger partial charge in [-0.15, -0.1) is 0 Å². The summed E-state index contributed by atoms with van der Waals surface area (Å²) >= 11 is 0. The van der Waals surface area contributed by atoms with Crippen LogP contribution in [0, 0.1) is 0 Å². The number of hydrogen-bond acceptors (Lipinski definition) is 4. The molecule has 0 bridgehead atoms. The molecule has 1 atom stereocenters. The highest BCUT2D eigenvalue weighted by Gasteiger charge is 2.18. The van der Waals surface area contributed by atoms with Gasteiger partial charge in [0.1, 0.15) is 0 Å². The number of hydrogen-bond donors (Lipinski definition) is 2. The van der Waals surface area contributed by atoms with Crippen LogP contribution in [0.5, 0.6) is 0 Å². The van der Waals surface area contributed by atoms with Crippen LogP contribution >= 0.6 is 0 Å². The van der Waals surface area contributed by atoms with Crippen LogP contribution in [-0.2, 0) is 29.1 Å². The largest absolute Gasteiger partial charge is 0.481 e. The molecule has 0 heterocycles. The van der Waals surface area contributed by atoms with E-state index in [0.717, 1.165) is 48.9 Å². The number of carboxylic acid groups (broad SMARTS) is 2. The first-order valence-electron chi connectivity index (χ1n) is 15.2. The molecule has 0 aliphatic carbocycles. The van der Waals surface area contributed by atoms with Crippen LogP contribution in [-0.4, -0.2) is 40.1 Å². The van der Waals surface area contributed by atoms with Crippen molar-refractivity contribution in [2.24, 2.45) is 0 Å². The Hall–Kier alpha value is -4.00. The van der Waals surface area contributed by atoms with Crippen molar-refractivity contribution in [1.29, 1.82) is 0 Å². The van der Waals surface area contributed by atoms with E-state index >= 15 is 0 Å². The van der Waals surface area contributed by atoms with E-state index < -0.39 is 11.9 Å². The predicted octanol–water partition coefficient (Wildman–Crippen LogP) is 8.24. The maximum Gasteiger partial charge on any atom is 0.335 e. The topological polar surface area (TPSA) is 87.1 Å². The minimum atomic E-state index is -0.941. The van der Waals surface area contributed by atoms with Crippen LogP contribution in [0.25, 0.3) is 0 Å². The molecular formula is C37H45NO5. The molecule has 2 N–H and O–H groups in total. The normalized spacial score (nSPS) is 12.6. The Kier molecular flexibility index (Phi) is 14.4. The van der Waals surface area contributed by atoms with E-state index in [2.05, 4.69) is 66.4 Å². The van der Waals surface area contributed by atoms with E-state index in [1.54, 1.807) is 12.1 Å². The average molecular weight is 584 g/mol. The van der Waals surface area contributed by atoms with Gasteiger partial charge in [-0.05, 0) is 80.5 Å². The Balaban J connectivity index is 1.69. The van der Waals surface area contributed by atoms with Crippen LogP contribution < -0.4 is 0 Å². The van der Waals surface area contributed by atoms with E-state index in [4.69, 9.17) is 9.84 Å².